The van der Waals surface area contributed by atoms with Gasteiger partial charge in [0.1, 0.15) is 5.76 Å². The smallest absolute Gasteiger partial charge is 0.225 e. The van der Waals surface area contributed by atoms with E-state index in [-0.39, 0.29) is 0 Å². The molecule has 0 radical (unpaired) electrons. The van der Waals surface area contributed by atoms with Gasteiger partial charge in [0, 0.05) is 38.6 Å². The second kappa shape index (κ2) is 4.90. The van der Waals surface area contributed by atoms with E-state index < -0.39 is 0 Å². The van der Waals surface area contributed by atoms with Crippen LogP contribution in [0.4, 0.5) is 5.95 Å². The van der Waals surface area contributed by atoms with Crippen LogP contribution >= 0.6 is 0 Å². The number of anilines is 1. The van der Waals surface area contributed by atoms with Crippen LogP contribution in [-0.2, 0) is 6.54 Å². The minimum atomic E-state index is 0.730. The molecule has 0 N–H and O–H groups in total. The third-order valence-corrected chi connectivity index (χ3v) is 4.36. The van der Waals surface area contributed by atoms with Crippen LogP contribution in [0.15, 0.2) is 41.3 Å². The van der Waals surface area contributed by atoms with Gasteiger partial charge in [0.2, 0.25) is 5.95 Å². The molecule has 0 saturated carbocycles. The van der Waals surface area contributed by atoms with Gasteiger partial charge in [-0.05, 0) is 30.0 Å². The maximum absolute atomic E-state index is 5.44. The molecular formula is C15H18N4O. The highest BCUT2D eigenvalue weighted by Crippen LogP contribution is 2.33. The summed E-state index contributed by atoms with van der Waals surface area (Å²) in [6.07, 6.45) is 5.39. The summed E-state index contributed by atoms with van der Waals surface area (Å²) in [4.78, 5) is 13.5. The standard InChI is InChI=1S/C15H18N4O/c1-3-14(20-6-1)11-18-7-12-9-19(10-13(12)8-18)15-16-4-2-5-17-15/h1-6,12-13H,7-11H2. The summed E-state index contributed by atoms with van der Waals surface area (Å²) >= 11 is 0. The fourth-order valence-corrected chi connectivity index (χ4v) is 3.46. The summed E-state index contributed by atoms with van der Waals surface area (Å²) in [5, 5.41) is 0. The van der Waals surface area contributed by atoms with Gasteiger partial charge in [0.15, 0.2) is 0 Å². The zero-order valence-electron chi connectivity index (χ0n) is 11.4. The first-order valence-corrected chi connectivity index (χ1v) is 7.15. The third kappa shape index (κ3) is 2.18. The molecule has 2 atom stereocenters. The Morgan fingerprint density at radius 2 is 1.80 bits per heavy atom. The highest BCUT2D eigenvalue weighted by Gasteiger charge is 2.40. The SMILES string of the molecule is c1cnc(N2CC3CN(Cc4ccco4)CC3C2)nc1. The summed E-state index contributed by atoms with van der Waals surface area (Å²) in [5.74, 6) is 3.40. The molecule has 20 heavy (non-hydrogen) atoms. The van der Waals surface area contributed by atoms with Crippen LogP contribution in [0.3, 0.4) is 0 Å². The van der Waals surface area contributed by atoms with Crippen LogP contribution < -0.4 is 4.90 Å². The minimum absolute atomic E-state index is 0.730. The average Bonchev–Trinajstić information content (AvgIpc) is 3.16. The number of aromatic nitrogens is 2. The van der Waals surface area contributed by atoms with Crippen molar-refractivity contribution < 1.29 is 4.42 Å². The monoisotopic (exact) mass is 270 g/mol. The maximum atomic E-state index is 5.44. The van der Waals surface area contributed by atoms with E-state index in [4.69, 9.17) is 4.42 Å². The topological polar surface area (TPSA) is 45.4 Å². The molecule has 0 aromatic carbocycles. The predicted octanol–water partition coefficient (Wildman–Crippen LogP) is 1.64. The van der Waals surface area contributed by atoms with E-state index in [0.717, 1.165) is 56.3 Å². The van der Waals surface area contributed by atoms with Crippen LogP contribution in [0.5, 0.6) is 0 Å². The van der Waals surface area contributed by atoms with E-state index in [1.165, 1.54) is 0 Å². The molecule has 0 bridgehead atoms. The lowest BCUT2D eigenvalue weighted by Gasteiger charge is -2.20. The molecule has 0 spiro atoms. The highest BCUT2D eigenvalue weighted by molar-refractivity contribution is 5.31. The van der Waals surface area contributed by atoms with Crippen LogP contribution in [0, 0.1) is 11.8 Å². The number of hydrogen-bond donors (Lipinski definition) is 0. The number of rotatable bonds is 3. The lowest BCUT2D eigenvalue weighted by Crippen LogP contribution is -2.29. The quantitative estimate of drug-likeness (QED) is 0.848. The van der Waals surface area contributed by atoms with Gasteiger partial charge < -0.3 is 9.32 Å². The van der Waals surface area contributed by atoms with Crippen molar-refractivity contribution in [1.82, 2.24) is 14.9 Å². The lowest BCUT2D eigenvalue weighted by molar-refractivity contribution is 0.280. The Bertz CT molecular complexity index is 543. The summed E-state index contributed by atoms with van der Waals surface area (Å²) in [7, 11) is 0. The number of fused-ring (bicyclic) bond motifs is 1. The lowest BCUT2D eigenvalue weighted by atomic mass is 10.0. The maximum Gasteiger partial charge on any atom is 0.225 e. The van der Waals surface area contributed by atoms with Crippen molar-refractivity contribution in [2.45, 2.75) is 6.54 Å². The van der Waals surface area contributed by atoms with Gasteiger partial charge in [-0.3, -0.25) is 4.90 Å². The molecule has 2 unspecified atom stereocenters. The van der Waals surface area contributed by atoms with Gasteiger partial charge >= 0.3 is 0 Å². The van der Waals surface area contributed by atoms with Crippen molar-refractivity contribution in [2.24, 2.45) is 11.8 Å². The van der Waals surface area contributed by atoms with Gasteiger partial charge in [-0.25, -0.2) is 9.97 Å². The molecule has 5 nitrogen and oxygen atoms in total. The minimum Gasteiger partial charge on any atom is -0.468 e. The first-order valence-electron chi connectivity index (χ1n) is 7.15. The van der Waals surface area contributed by atoms with E-state index >= 15 is 0 Å². The van der Waals surface area contributed by atoms with Crippen molar-refractivity contribution >= 4 is 5.95 Å². The van der Waals surface area contributed by atoms with Gasteiger partial charge in [-0.1, -0.05) is 0 Å². The second-order valence-electron chi connectivity index (χ2n) is 5.75. The molecule has 2 fully saturated rings. The normalized spacial score (nSPS) is 26.1. The fraction of sp³-hybridized carbons (Fsp3) is 0.467. The molecule has 2 aromatic heterocycles. The molecule has 2 saturated heterocycles. The third-order valence-electron chi connectivity index (χ3n) is 4.36. The van der Waals surface area contributed by atoms with Gasteiger partial charge in [0.25, 0.3) is 0 Å². The zero-order valence-corrected chi connectivity index (χ0v) is 11.4. The number of likely N-dealkylation sites (tertiary alicyclic amines) is 1. The van der Waals surface area contributed by atoms with Crippen LogP contribution in [0.2, 0.25) is 0 Å². The Morgan fingerprint density at radius 3 is 2.45 bits per heavy atom. The first kappa shape index (κ1) is 11.9. The molecular weight excluding hydrogens is 252 g/mol. The Kier molecular flexibility index (Phi) is 2.92. The van der Waals surface area contributed by atoms with E-state index in [1.54, 1.807) is 6.26 Å². The zero-order chi connectivity index (χ0) is 13.4. The van der Waals surface area contributed by atoms with E-state index in [1.807, 2.05) is 24.5 Å². The van der Waals surface area contributed by atoms with Crippen molar-refractivity contribution in [3.05, 3.63) is 42.6 Å². The molecule has 4 heterocycles. The first-order chi connectivity index (χ1) is 9.88. The largest absolute Gasteiger partial charge is 0.468 e. The molecule has 5 heteroatoms. The fourth-order valence-electron chi connectivity index (χ4n) is 3.46. The average molecular weight is 270 g/mol. The Balaban J connectivity index is 1.38. The van der Waals surface area contributed by atoms with E-state index in [0.29, 0.717) is 0 Å². The van der Waals surface area contributed by atoms with Crippen LogP contribution in [0.25, 0.3) is 0 Å². The summed E-state index contributed by atoms with van der Waals surface area (Å²) < 4.78 is 5.44. The van der Waals surface area contributed by atoms with Crippen molar-refractivity contribution in [3.63, 3.8) is 0 Å². The van der Waals surface area contributed by atoms with Crippen LogP contribution in [0.1, 0.15) is 5.76 Å². The molecule has 4 rings (SSSR count). The molecule has 0 aliphatic carbocycles. The number of hydrogen-bond acceptors (Lipinski definition) is 5. The summed E-state index contributed by atoms with van der Waals surface area (Å²) in [6, 6.07) is 5.88. The predicted molar refractivity (Wildman–Crippen MR) is 75.2 cm³/mol. The van der Waals surface area contributed by atoms with Crippen molar-refractivity contribution in [3.8, 4) is 0 Å². The number of furan rings is 1. The molecule has 0 amide bonds. The van der Waals surface area contributed by atoms with Crippen molar-refractivity contribution in [2.75, 3.05) is 31.1 Å². The molecule has 104 valence electrons. The van der Waals surface area contributed by atoms with Gasteiger partial charge in [-0.2, -0.15) is 0 Å². The molecule has 2 aliphatic heterocycles. The number of nitrogens with zero attached hydrogens (tertiary/aromatic N) is 4. The Labute approximate surface area is 118 Å². The molecule has 2 aromatic rings. The Morgan fingerprint density at radius 1 is 1.05 bits per heavy atom. The van der Waals surface area contributed by atoms with E-state index in [9.17, 15) is 0 Å². The van der Waals surface area contributed by atoms with E-state index in [2.05, 4.69) is 25.8 Å². The summed E-state index contributed by atoms with van der Waals surface area (Å²) in [5.41, 5.74) is 0. The van der Waals surface area contributed by atoms with Crippen LogP contribution in [-0.4, -0.2) is 41.0 Å². The second-order valence-corrected chi connectivity index (χ2v) is 5.75. The Hall–Kier alpha value is -1.88. The van der Waals surface area contributed by atoms with Gasteiger partial charge in [0.05, 0.1) is 12.8 Å². The molecule has 2 aliphatic rings. The van der Waals surface area contributed by atoms with Crippen molar-refractivity contribution in [1.29, 1.82) is 0 Å². The highest BCUT2D eigenvalue weighted by atomic mass is 16.3. The van der Waals surface area contributed by atoms with Gasteiger partial charge in [-0.15, -0.1) is 0 Å². The summed E-state index contributed by atoms with van der Waals surface area (Å²) in [6.45, 7) is 5.37.